The molecule has 0 aliphatic heterocycles. The van der Waals surface area contributed by atoms with E-state index in [1.807, 2.05) is 66.9 Å². The summed E-state index contributed by atoms with van der Waals surface area (Å²) in [5.74, 6) is -0.209. The molecule has 1 heterocycles. The number of rotatable bonds is 8. The summed E-state index contributed by atoms with van der Waals surface area (Å²) in [5, 5.41) is 7.88. The highest BCUT2D eigenvalue weighted by Crippen LogP contribution is 2.22. The molecule has 0 saturated heterocycles. The molecule has 1 unspecified atom stereocenters. The lowest BCUT2D eigenvalue weighted by molar-refractivity contribution is -0.118. The Balaban J connectivity index is 1.84. The summed E-state index contributed by atoms with van der Waals surface area (Å²) in [4.78, 5) is 27.0. The van der Waals surface area contributed by atoms with Crippen molar-refractivity contribution < 1.29 is 9.59 Å². The van der Waals surface area contributed by atoms with Crippen molar-refractivity contribution in [3.8, 4) is 0 Å². The van der Waals surface area contributed by atoms with Crippen LogP contribution in [0.1, 0.15) is 52.7 Å². The molecule has 0 saturated carbocycles. The number of carbonyl (C=O) groups is 2. The van der Waals surface area contributed by atoms with E-state index in [1.54, 1.807) is 18.2 Å². The number of thiophene rings is 1. The monoisotopic (exact) mass is 432 g/mol. The third-order valence-corrected chi connectivity index (χ3v) is 5.67. The van der Waals surface area contributed by atoms with Gasteiger partial charge in [-0.2, -0.15) is 0 Å². The SMILES string of the molecule is Cc1ccc(C(=O)N/C(=C\c2cccs2)C(=O)NC(CC(C)C)c2ccccc2)cc1. The highest BCUT2D eigenvalue weighted by molar-refractivity contribution is 7.10. The van der Waals surface area contributed by atoms with Crippen LogP contribution in [0.2, 0.25) is 0 Å². The third kappa shape index (κ3) is 6.66. The zero-order valence-electron chi connectivity index (χ0n) is 18.1. The van der Waals surface area contributed by atoms with Crippen molar-refractivity contribution in [3.05, 3.63) is 99.4 Å². The predicted octanol–water partition coefficient (Wildman–Crippen LogP) is 5.73. The van der Waals surface area contributed by atoms with E-state index in [0.29, 0.717) is 11.5 Å². The predicted molar refractivity (Wildman–Crippen MR) is 128 cm³/mol. The standard InChI is InChI=1S/C26H28N2O2S/c1-18(2)16-23(20-8-5-4-6-9-20)27-26(30)24(17-22-10-7-15-31-22)28-25(29)21-13-11-19(3)12-14-21/h4-15,17-18,23H,16H2,1-3H3,(H,27,30)(H,28,29)/b24-17-. The number of benzene rings is 2. The van der Waals surface area contributed by atoms with Gasteiger partial charge >= 0.3 is 0 Å². The van der Waals surface area contributed by atoms with Crippen LogP contribution < -0.4 is 10.6 Å². The Kier molecular flexibility index (Phi) is 7.79. The quantitative estimate of drug-likeness (QED) is 0.447. The fourth-order valence-electron chi connectivity index (χ4n) is 3.24. The maximum Gasteiger partial charge on any atom is 0.268 e. The van der Waals surface area contributed by atoms with Gasteiger partial charge in [-0.05, 0) is 54.5 Å². The van der Waals surface area contributed by atoms with Crippen LogP contribution in [0.4, 0.5) is 0 Å². The number of nitrogens with one attached hydrogen (secondary N) is 2. The molecule has 1 aromatic heterocycles. The normalized spacial score (nSPS) is 12.5. The first-order valence-corrected chi connectivity index (χ1v) is 11.3. The first kappa shape index (κ1) is 22.5. The van der Waals surface area contributed by atoms with Crippen LogP contribution in [-0.4, -0.2) is 11.8 Å². The Hall–Kier alpha value is -3.18. The van der Waals surface area contributed by atoms with Crippen LogP contribution in [0, 0.1) is 12.8 Å². The zero-order chi connectivity index (χ0) is 22.2. The smallest absolute Gasteiger partial charge is 0.268 e. The molecule has 1 atom stereocenters. The number of hydrogen-bond acceptors (Lipinski definition) is 3. The van der Waals surface area contributed by atoms with Gasteiger partial charge in [0.25, 0.3) is 11.8 Å². The highest BCUT2D eigenvalue weighted by Gasteiger charge is 2.20. The van der Waals surface area contributed by atoms with Crippen molar-refractivity contribution in [3.63, 3.8) is 0 Å². The van der Waals surface area contributed by atoms with Crippen LogP contribution >= 0.6 is 11.3 Å². The highest BCUT2D eigenvalue weighted by atomic mass is 32.1. The Morgan fingerprint density at radius 2 is 1.68 bits per heavy atom. The lowest BCUT2D eigenvalue weighted by Crippen LogP contribution is -2.37. The van der Waals surface area contributed by atoms with Crippen molar-refractivity contribution in [2.45, 2.75) is 33.2 Å². The molecule has 2 aromatic carbocycles. The summed E-state index contributed by atoms with van der Waals surface area (Å²) in [5.41, 5.74) is 2.86. The molecule has 3 rings (SSSR count). The second-order valence-corrected chi connectivity index (χ2v) is 8.94. The Labute approximate surface area is 188 Å². The molecule has 0 bridgehead atoms. The fraction of sp³-hybridized carbons (Fsp3) is 0.231. The van der Waals surface area contributed by atoms with Gasteiger partial charge in [-0.15, -0.1) is 11.3 Å². The molecular weight excluding hydrogens is 404 g/mol. The van der Waals surface area contributed by atoms with Crippen molar-refractivity contribution in [2.24, 2.45) is 5.92 Å². The van der Waals surface area contributed by atoms with E-state index >= 15 is 0 Å². The summed E-state index contributed by atoms with van der Waals surface area (Å²) in [6.45, 7) is 6.23. The van der Waals surface area contributed by atoms with Gasteiger partial charge in [0, 0.05) is 10.4 Å². The van der Waals surface area contributed by atoms with Crippen molar-refractivity contribution in [2.75, 3.05) is 0 Å². The third-order valence-electron chi connectivity index (χ3n) is 4.85. The van der Waals surface area contributed by atoms with E-state index in [0.717, 1.165) is 22.4 Å². The van der Waals surface area contributed by atoms with Gasteiger partial charge in [-0.25, -0.2) is 0 Å². The summed E-state index contributed by atoms with van der Waals surface area (Å²) in [6, 6.07) is 20.9. The van der Waals surface area contributed by atoms with Crippen molar-refractivity contribution in [1.82, 2.24) is 10.6 Å². The molecule has 5 heteroatoms. The molecule has 31 heavy (non-hydrogen) atoms. The van der Waals surface area contributed by atoms with E-state index in [1.165, 1.54) is 11.3 Å². The van der Waals surface area contributed by atoms with Crippen LogP contribution in [0.25, 0.3) is 6.08 Å². The van der Waals surface area contributed by atoms with Gasteiger partial charge in [-0.1, -0.05) is 67.9 Å². The van der Waals surface area contributed by atoms with Gasteiger partial charge in [0.15, 0.2) is 0 Å². The van der Waals surface area contributed by atoms with Gasteiger partial charge in [0.05, 0.1) is 6.04 Å². The molecule has 2 amide bonds. The topological polar surface area (TPSA) is 58.2 Å². The average molecular weight is 433 g/mol. The van der Waals surface area contributed by atoms with Crippen molar-refractivity contribution >= 4 is 29.2 Å². The first-order valence-electron chi connectivity index (χ1n) is 10.4. The Morgan fingerprint density at radius 3 is 2.29 bits per heavy atom. The van der Waals surface area contributed by atoms with E-state index in [9.17, 15) is 9.59 Å². The number of hydrogen-bond donors (Lipinski definition) is 2. The minimum Gasteiger partial charge on any atom is -0.344 e. The maximum absolute atomic E-state index is 13.3. The van der Waals surface area contributed by atoms with E-state index in [-0.39, 0.29) is 23.6 Å². The molecule has 0 fully saturated rings. The van der Waals surface area contributed by atoms with Gasteiger partial charge in [-0.3, -0.25) is 9.59 Å². The molecule has 0 radical (unpaired) electrons. The van der Waals surface area contributed by atoms with Gasteiger partial charge in [0.2, 0.25) is 0 Å². The molecule has 4 nitrogen and oxygen atoms in total. The van der Waals surface area contributed by atoms with E-state index < -0.39 is 0 Å². The lowest BCUT2D eigenvalue weighted by atomic mass is 9.97. The Bertz CT molecular complexity index is 1020. The molecular formula is C26H28N2O2S. The Morgan fingerprint density at radius 1 is 0.968 bits per heavy atom. The summed E-state index contributed by atoms with van der Waals surface area (Å²) < 4.78 is 0. The minimum absolute atomic E-state index is 0.142. The maximum atomic E-state index is 13.3. The molecule has 0 aliphatic carbocycles. The van der Waals surface area contributed by atoms with E-state index in [2.05, 4.69) is 24.5 Å². The van der Waals surface area contributed by atoms with Crippen LogP contribution in [0.5, 0.6) is 0 Å². The summed E-state index contributed by atoms with van der Waals surface area (Å²) >= 11 is 1.51. The largest absolute Gasteiger partial charge is 0.344 e. The molecule has 3 aromatic rings. The molecule has 2 N–H and O–H groups in total. The molecule has 0 aliphatic rings. The average Bonchev–Trinajstić information content (AvgIpc) is 3.26. The number of amides is 2. The number of aryl methyl sites for hydroxylation is 1. The first-order chi connectivity index (χ1) is 14.9. The summed E-state index contributed by atoms with van der Waals surface area (Å²) in [6.07, 6.45) is 2.53. The van der Waals surface area contributed by atoms with Crippen LogP contribution in [0.3, 0.4) is 0 Å². The minimum atomic E-state index is -0.307. The number of carbonyl (C=O) groups excluding carboxylic acids is 2. The molecule has 0 spiro atoms. The molecule has 160 valence electrons. The second kappa shape index (κ2) is 10.7. The fourth-order valence-corrected chi connectivity index (χ4v) is 3.90. The summed E-state index contributed by atoms with van der Waals surface area (Å²) in [7, 11) is 0. The van der Waals surface area contributed by atoms with Crippen LogP contribution in [0.15, 0.2) is 77.8 Å². The second-order valence-electron chi connectivity index (χ2n) is 7.96. The van der Waals surface area contributed by atoms with Gasteiger partial charge < -0.3 is 10.6 Å². The lowest BCUT2D eigenvalue weighted by Gasteiger charge is -2.22. The van der Waals surface area contributed by atoms with Crippen molar-refractivity contribution in [1.29, 1.82) is 0 Å². The van der Waals surface area contributed by atoms with E-state index in [4.69, 9.17) is 0 Å². The van der Waals surface area contributed by atoms with Crippen LogP contribution in [-0.2, 0) is 4.79 Å². The van der Waals surface area contributed by atoms with Gasteiger partial charge in [0.1, 0.15) is 5.70 Å². The zero-order valence-corrected chi connectivity index (χ0v) is 18.9.